The number of halogens is 1. The van der Waals surface area contributed by atoms with Gasteiger partial charge in [0.15, 0.2) is 5.82 Å². The lowest BCUT2D eigenvalue weighted by Crippen LogP contribution is -2.28. The van der Waals surface area contributed by atoms with Crippen molar-refractivity contribution in [3.63, 3.8) is 0 Å². The first-order valence-electron chi connectivity index (χ1n) is 6.17. The molecule has 1 fully saturated rings. The van der Waals surface area contributed by atoms with Crippen LogP contribution in [0.1, 0.15) is 18.5 Å². The highest BCUT2D eigenvalue weighted by Gasteiger charge is 2.17. The van der Waals surface area contributed by atoms with Crippen LogP contribution in [0, 0.1) is 11.7 Å². The van der Waals surface area contributed by atoms with Crippen LogP contribution in [-0.2, 0) is 6.42 Å². The molecule has 90 valence electrons. The van der Waals surface area contributed by atoms with Crippen LogP contribution in [0.5, 0.6) is 0 Å². The maximum Gasteiger partial charge on any atom is 0.151 e. The number of hydrogen-bond donors (Lipinski definition) is 2. The van der Waals surface area contributed by atoms with Crippen molar-refractivity contribution in [3.8, 4) is 0 Å². The van der Waals surface area contributed by atoms with Gasteiger partial charge >= 0.3 is 0 Å². The molecule has 1 aliphatic heterocycles. The van der Waals surface area contributed by atoms with Gasteiger partial charge < -0.3 is 5.32 Å². The Morgan fingerprint density at radius 2 is 2.12 bits per heavy atom. The summed E-state index contributed by atoms with van der Waals surface area (Å²) in [6.45, 7) is 2.18. The van der Waals surface area contributed by atoms with Gasteiger partial charge in [-0.1, -0.05) is 12.1 Å². The molecule has 0 amide bonds. The van der Waals surface area contributed by atoms with E-state index in [1.807, 2.05) is 6.07 Å². The topological polar surface area (TPSA) is 40.7 Å². The zero-order valence-corrected chi connectivity index (χ0v) is 9.67. The number of aromatic amines is 1. The summed E-state index contributed by atoms with van der Waals surface area (Å²) >= 11 is 0. The van der Waals surface area contributed by atoms with Gasteiger partial charge in [-0.25, -0.2) is 4.39 Å². The molecule has 0 atom stereocenters. The zero-order valence-electron chi connectivity index (χ0n) is 9.67. The predicted octanol–water partition coefficient (Wildman–Crippen LogP) is 2.24. The van der Waals surface area contributed by atoms with E-state index < -0.39 is 0 Å². The first kappa shape index (κ1) is 10.7. The molecule has 2 aromatic rings. The summed E-state index contributed by atoms with van der Waals surface area (Å²) in [7, 11) is 0. The molecule has 0 bridgehead atoms. The third-order valence-electron chi connectivity index (χ3n) is 3.57. The standard InChI is InChI=1S/C13H16FN3/c14-11-3-1-2-10-12(16-17-13(10)11)8-9-4-6-15-7-5-9/h1-3,9,15H,4-8H2,(H,16,17). The molecule has 0 unspecified atom stereocenters. The van der Waals surface area contributed by atoms with Crippen molar-refractivity contribution < 1.29 is 4.39 Å². The summed E-state index contributed by atoms with van der Waals surface area (Å²) in [6.07, 6.45) is 3.35. The number of fused-ring (bicyclic) bond motifs is 1. The van der Waals surface area contributed by atoms with Gasteiger partial charge in [-0.05, 0) is 44.3 Å². The highest BCUT2D eigenvalue weighted by Crippen LogP contribution is 2.23. The van der Waals surface area contributed by atoms with E-state index in [-0.39, 0.29) is 5.82 Å². The van der Waals surface area contributed by atoms with E-state index in [9.17, 15) is 4.39 Å². The van der Waals surface area contributed by atoms with Crippen LogP contribution in [0.2, 0.25) is 0 Å². The molecular formula is C13H16FN3. The highest BCUT2D eigenvalue weighted by molar-refractivity contribution is 5.81. The minimum absolute atomic E-state index is 0.240. The van der Waals surface area contributed by atoms with E-state index in [0.717, 1.165) is 30.6 Å². The second kappa shape index (κ2) is 4.45. The van der Waals surface area contributed by atoms with Gasteiger partial charge in [0.25, 0.3) is 0 Å². The van der Waals surface area contributed by atoms with Gasteiger partial charge in [-0.15, -0.1) is 0 Å². The normalized spacial score (nSPS) is 17.7. The number of rotatable bonds is 2. The van der Waals surface area contributed by atoms with Crippen molar-refractivity contribution >= 4 is 10.9 Å². The third kappa shape index (κ3) is 2.05. The first-order valence-corrected chi connectivity index (χ1v) is 6.17. The third-order valence-corrected chi connectivity index (χ3v) is 3.57. The Kier molecular flexibility index (Phi) is 2.81. The van der Waals surface area contributed by atoms with Crippen LogP contribution in [0.3, 0.4) is 0 Å². The molecule has 1 aromatic carbocycles. The predicted molar refractivity (Wildman–Crippen MR) is 65.3 cm³/mol. The lowest BCUT2D eigenvalue weighted by atomic mass is 9.92. The van der Waals surface area contributed by atoms with Crippen molar-refractivity contribution in [1.82, 2.24) is 15.5 Å². The first-order chi connectivity index (χ1) is 8.34. The number of nitrogens with one attached hydrogen (secondary N) is 2. The summed E-state index contributed by atoms with van der Waals surface area (Å²) in [5.74, 6) is 0.443. The van der Waals surface area contributed by atoms with Gasteiger partial charge in [0.1, 0.15) is 5.52 Å². The van der Waals surface area contributed by atoms with Crippen molar-refractivity contribution in [3.05, 3.63) is 29.7 Å². The Labute approximate surface area is 99.4 Å². The highest BCUT2D eigenvalue weighted by atomic mass is 19.1. The number of benzene rings is 1. The maximum absolute atomic E-state index is 13.5. The average Bonchev–Trinajstić information content (AvgIpc) is 2.76. The van der Waals surface area contributed by atoms with Gasteiger partial charge in [0, 0.05) is 11.1 Å². The molecule has 3 nitrogen and oxygen atoms in total. The fourth-order valence-electron chi connectivity index (χ4n) is 2.59. The maximum atomic E-state index is 13.5. The lowest BCUT2D eigenvalue weighted by Gasteiger charge is -2.21. The van der Waals surface area contributed by atoms with Crippen molar-refractivity contribution in [2.24, 2.45) is 5.92 Å². The SMILES string of the molecule is Fc1cccc2c(CC3CCNCC3)[nH]nc12. The average molecular weight is 233 g/mol. The van der Waals surface area contributed by atoms with Crippen LogP contribution < -0.4 is 5.32 Å². The molecule has 3 rings (SSSR count). The Hall–Kier alpha value is -1.42. The smallest absolute Gasteiger partial charge is 0.151 e. The molecule has 1 aliphatic rings. The summed E-state index contributed by atoms with van der Waals surface area (Å²) in [4.78, 5) is 0. The Morgan fingerprint density at radius 3 is 2.94 bits per heavy atom. The largest absolute Gasteiger partial charge is 0.317 e. The molecule has 0 radical (unpaired) electrons. The Morgan fingerprint density at radius 1 is 1.29 bits per heavy atom. The van der Waals surface area contributed by atoms with Gasteiger partial charge in [-0.2, -0.15) is 5.10 Å². The summed E-state index contributed by atoms with van der Waals surface area (Å²) < 4.78 is 13.5. The molecule has 0 aliphatic carbocycles. The van der Waals surface area contributed by atoms with E-state index in [4.69, 9.17) is 0 Å². The van der Waals surface area contributed by atoms with Crippen LogP contribution in [-0.4, -0.2) is 23.3 Å². The Bertz CT molecular complexity index is 514. The molecule has 2 heterocycles. The van der Waals surface area contributed by atoms with Gasteiger partial charge in [0.05, 0.1) is 0 Å². The summed E-state index contributed by atoms with van der Waals surface area (Å²) in [6, 6.07) is 5.15. The van der Waals surface area contributed by atoms with Gasteiger partial charge in [0.2, 0.25) is 0 Å². The van der Waals surface area contributed by atoms with Crippen LogP contribution in [0.25, 0.3) is 10.9 Å². The van der Waals surface area contributed by atoms with E-state index >= 15 is 0 Å². The van der Waals surface area contributed by atoms with Crippen LogP contribution >= 0.6 is 0 Å². The van der Waals surface area contributed by atoms with Gasteiger partial charge in [-0.3, -0.25) is 5.10 Å². The lowest BCUT2D eigenvalue weighted by molar-refractivity contribution is 0.370. The minimum Gasteiger partial charge on any atom is -0.317 e. The second-order valence-corrected chi connectivity index (χ2v) is 4.74. The summed E-state index contributed by atoms with van der Waals surface area (Å²) in [5, 5.41) is 11.3. The van der Waals surface area contributed by atoms with E-state index in [1.165, 1.54) is 18.9 Å². The van der Waals surface area contributed by atoms with E-state index in [2.05, 4.69) is 15.5 Å². The molecule has 4 heteroatoms. The number of aromatic nitrogens is 2. The zero-order chi connectivity index (χ0) is 11.7. The Balaban J connectivity index is 1.87. The number of H-pyrrole nitrogens is 1. The molecular weight excluding hydrogens is 217 g/mol. The number of para-hydroxylation sites is 1. The fourth-order valence-corrected chi connectivity index (χ4v) is 2.59. The molecule has 0 saturated carbocycles. The van der Waals surface area contributed by atoms with Crippen LogP contribution in [0.15, 0.2) is 18.2 Å². The van der Waals surface area contributed by atoms with Crippen molar-refractivity contribution in [2.45, 2.75) is 19.3 Å². The molecule has 0 spiro atoms. The van der Waals surface area contributed by atoms with Crippen molar-refractivity contribution in [1.29, 1.82) is 0 Å². The van der Waals surface area contributed by atoms with Crippen LogP contribution in [0.4, 0.5) is 4.39 Å². The summed E-state index contributed by atoms with van der Waals surface area (Å²) in [5.41, 5.74) is 1.54. The van der Waals surface area contributed by atoms with E-state index in [1.54, 1.807) is 6.07 Å². The number of piperidine rings is 1. The number of hydrogen-bond acceptors (Lipinski definition) is 2. The van der Waals surface area contributed by atoms with E-state index in [0.29, 0.717) is 11.4 Å². The molecule has 1 aromatic heterocycles. The van der Waals surface area contributed by atoms with Crippen molar-refractivity contribution in [2.75, 3.05) is 13.1 Å². The monoisotopic (exact) mass is 233 g/mol. The number of nitrogens with zero attached hydrogens (tertiary/aromatic N) is 1. The fraction of sp³-hybridized carbons (Fsp3) is 0.462. The minimum atomic E-state index is -0.240. The molecule has 2 N–H and O–H groups in total. The molecule has 1 saturated heterocycles. The second-order valence-electron chi connectivity index (χ2n) is 4.74. The quantitative estimate of drug-likeness (QED) is 0.835. The molecule has 17 heavy (non-hydrogen) atoms.